The van der Waals surface area contributed by atoms with Crippen molar-refractivity contribution in [2.75, 3.05) is 0 Å². The Morgan fingerprint density at radius 2 is 2.00 bits per heavy atom. The molecule has 1 aromatic rings. The van der Waals surface area contributed by atoms with Crippen LogP contribution in [-0.4, -0.2) is 34.0 Å². The van der Waals surface area contributed by atoms with Gasteiger partial charge in [0.15, 0.2) is 12.4 Å². The molecule has 1 amide bonds. The number of fused-ring (bicyclic) bond motifs is 1. The number of rotatable bonds is 4. The monoisotopic (exact) mass is 328 g/mol. The highest BCUT2D eigenvalue weighted by Gasteiger charge is 2.58. The molecule has 1 fully saturated rings. The lowest BCUT2D eigenvalue weighted by Gasteiger charge is -2.47. The number of β-lactam (4-membered cyclic amide) rings is 1. The molecule has 1 aromatic heterocycles. The van der Waals surface area contributed by atoms with Crippen molar-refractivity contribution in [2.24, 2.45) is 18.9 Å². The lowest BCUT2D eigenvalue weighted by Crippen LogP contribution is -2.64. The summed E-state index contributed by atoms with van der Waals surface area (Å²) in [7, 11) is 1.91. The summed E-state index contributed by atoms with van der Waals surface area (Å²) in [5.41, 5.74) is 1.41. The van der Waals surface area contributed by atoms with Gasteiger partial charge in [-0.05, 0) is 18.1 Å². The first-order valence-corrected chi connectivity index (χ1v) is 7.93. The van der Waals surface area contributed by atoms with Crippen LogP contribution < -0.4 is 9.67 Å². The summed E-state index contributed by atoms with van der Waals surface area (Å²) in [4.78, 5) is 25.0. The molecule has 0 aliphatic carbocycles. The van der Waals surface area contributed by atoms with Crippen LogP contribution in [-0.2, 0) is 16.6 Å². The number of carboxylic acids is 1. The van der Waals surface area contributed by atoms with E-state index in [1.807, 2.05) is 49.1 Å². The van der Waals surface area contributed by atoms with Gasteiger partial charge in [0.2, 0.25) is 5.91 Å². The molecule has 4 atom stereocenters. The van der Waals surface area contributed by atoms with E-state index in [0.29, 0.717) is 5.57 Å². The number of carbonyl (C=O) groups excluding carboxylic acids is 2. The Hall–Kier alpha value is -2.47. The molecule has 126 valence electrons. The highest BCUT2D eigenvalue weighted by atomic mass is 16.4. The van der Waals surface area contributed by atoms with E-state index in [4.69, 9.17) is 0 Å². The van der Waals surface area contributed by atoms with E-state index in [9.17, 15) is 19.8 Å². The van der Waals surface area contributed by atoms with Crippen molar-refractivity contribution < 1.29 is 24.4 Å². The summed E-state index contributed by atoms with van der Waals surface area (Å²) in [5, 5.41) is 21.4. The molecule has 0 spiro atoms. The molecule has 6 nitrogen and oxygen atoms in total. The van der Waals surface area contributed by atoms with Crippen LogP contribution in [0.4, 0.5) is 0 Å². The van der Waals surface area contributed by atoms with Crippen LogP contribution in [0.25, 0.3) is 6.08 Å². The fourth-order valence-corrected chi connectivity index (χ4v) is 3.61. The summed E-state index contributed by atoms with van der Waals surface area (Å²) in [6.45, 7) is 3.43. The molecule has 1 N–H and O–H groups in total. The zero-order valence-electron chi connectivity index (χ0n) is 13.8. The fraction of sp³-hybridized carbons (Fsp3) is 0.389. The lowest BCUT2D eigenvalue weighted by atomic mass is 9.77. The second kappa shape index (κ2) is 5.87. The van der Waals surface area contributed by atoms with Gasteiger partial charge in [-0.1, -0.05) is 19.1 Å². The molecule has 0 aromatic carbocycles. The Kier molecular flexibility index (Phi) is 4.01. The summed E-state index contributed by atoms with van der Waals surface area (Å²) >= 11 is 0. The van der Waals surface area contributed by atoms with Crippen molar-refractivity contribution in [1.82, 2.24) is 4.90 Å². The molecule has 6 heteroatoms. The number of aryl methyl sites for hydroxylation is 1. The van der Waals surface area contributed by atoms with Gasteiger partial charge in [0.25, 0.3) is 0 Å². The highest BCUT2D eigenvalue weighted by molar-refractivity contribution is 5.99. The molecular weight excluding hydrogens is 308 g/mol. The van der Waals surface area contributed by atoms with Gasteiger partial charge in [0, 0.05) is 18.1 Å². The van der Waals surface area contributed by atoms with Crippen LogP contribution in [0, 0.1) is 11.8 Å². The molecule has 24 heavy (non-hydrogen) atoms. The van der Waals surface area contributed by atoms with Gasteiger partial charge in [0.1, 0.15) is 7.05 Å². The summed E-state index contributed by atoms with van der Waals surface area (Å²) in [5.74, 6) is -2.45. The molecule has 0 radical (unpaired) electrons. The largest absolute Gasteiger partial charge is 0.543 e. The third kappa shape index (κ3) is 2.43. The number of carbonyl (C=O) groups is 2. The number of carboxylic acid groups (broad SMARTS) is 1. The maximum absolute atomic E-state index is 12.2. The van der Waals surface area contributed by atoms with Gasteiger partial charge in [-0.3, -0.25) is 4.79 Å². The average molecular weight is 328 g/mol. The molecule has 0 unspecified atom stereocenters. The topological polar surface area (TPSA) is 84.5 Å². The minimum absolute atomic E-state index is 0.0767. The van der Waals surface area contributed by atoms with Gasteiger partial charge in [-0.15, -0.1) is 0 Å². The second-order valence-electron chi connectivity index (χ2n) is 6.48. The maximum Gasteiger partial charge on any atom is 0.235 e. The lowest BCUT2D eigenvalue weighted by molar-refractivity contribution is -0.671. The smallest absolute Gasteiger partial charge is 0.235 e. The van der Waals surface area contributed by atoms with E-state index in [1.165, 1.54) is 4.90 Å². The van der Waals surface area contributed by atoms with E-state index in [0.717, 1.165) is 5.56 Å². The van der Waals surface area contributed by atoms with E-state index < -0.39 is 18.0 Å². The molecular formula is C18H20N2O4. The summed E-state index contributed by atoms with van der Waals surface area (Å²) < 4.78 is 1.90. The standard InChI is InChI=1S/C18H20N2O4/c1-10-13(5-4-12-6-8-19(3)9-7-12)16(18(23)24)20-15(10)14(11(2)21)17(20)22/h4-11,14-15,21H,1-3H3/t10-,11+,14+,15+/m0/s1. The first-order valence-electron chi connectivity index (χ1n) is 7.93. The van der Waals surface area contributed by atoms with Gasteiger partial charge in [-0.25, -0.2) is 4.57 Å². The number of aliphatic hydroxyl groups excluding tert-OH is 1. The Bertz CT molecular complexity index is 749. The number of amides is 1. The minimum atomic E-state index is -1.36. The SMILES string of the molecule is C[C@@H](O)[C@H]1C(=O)N2C(C(=O)[O-])=C(/C=C/c3cc[n+](C)cc3)[C@H](C)[C@H]12. The number of hydrogen-bond donors (Lipinski definition) is 1. The first-order chi connectivity index (χ1) is 11.3. The summed E-state index contributed by atoms with van der Waals surface area (Å²) in [6, 6.07) is 3.50. The molecule has 3 rings (SSSR count). The second-order valence-corrected chi connectivity index (χ2v) is 6.48. The number of aromatic nitrogens is 1. The zero-order valence-corrected chi connectivity index (χ0v) is 13.8. The van der Waals surface area contributed by atoms with E-state index in [1.54, 1.807) is 13.0 Å². The van der Waals surface area contributed by atoms with E-state index in [-0.39, 0.29) is 23.6 Å². The number of aliphatic hydroxyl groups is 1. The molecule has 2 aliphatic rings. The molecule has 1 saturated heterocycles. The Morgan fingerprint density at radius 1 is 1.38 bits per heavy atom. The molecule has 0 bridgehead atoms. The highest BCUT2D eigenvalue weighted by Crippen LogP contribution is 2.47. The van der Waals surface area contributed by atoms with Crippen LogP contribution in [0.2, 0.25) is 0 Å². The number of hydrogen-bond acceptors (Lipinski definition) is 4. The number of pyridine rings is 1. The van der Waals surface area contributed by atoms with Crippen LogP contribution >= 0.6 is 0 Å². The number of allylic oxidation sites excluding steroid dienone is 1. The maximum atomic E-state index is 12.2. The Labute approximate surface area is 140 Å². The van der Waals surface area contributed by atoms with Gasteiger partial charge in [0.05, 0.1) is 29.7 Å². The van der Waals surface area contributed by atoms with Gasteiger partial charge >= 0.3 is 0 Å². The predicted molar refractivity (Wildman–Crippen MR) is 83.7 cm³/mol. The average Bonchev–Trinajstić information content (AvgIpc) is 2.76. The quantitative estimate of drug-likeness (QED) is 0.590. The normalized spacial score (nSPS) is 27.4. The van der Waals surface area contributed by atoms with Crippen molar-refractivity contribution >= 4 is 18.0 Å². The predicted octanol–water partition coefficient (Wildman–Crippen LogP) is -0.614. The minimum Gasteiger partial charge on any atom is -0.543 e. The third-order valence-electron chi connectivity index (χ3n) is 4.88. The Morgan fingerprint density at radius 3 is 2.54 bits per heavy atom. The van der Waals surface area contributed by atoms with Gasteiger partial charge in [-0.2, -0.15) is 0 Å². The molecule has 2 aliphatic heterocycles. The fourth-order valence-electron chi connectivity index (χ4n) is 3.61. The first kappa shape index (κ1) is 16.4. The van der Waals surface area contributed by atoms with Crippen molar-refractivity contribution in [3.05, 3.63) is 47.4 Å². The molecule has 0 saturated carbocycles. The zero-order chi connectivity index (χ0) is 17.6. The van der Waals surface area contributed by atoms with Crippen LogP contribution in [0.5, 0.6) is 0 Å². The van der Waals surface area contributed by atoms with Crippen molar-refractivity contribution in [1.29, 1.82) is 0 Å². The Balaban J connectivity index is 1.95. The number of aliphatic carboxylic acids is 1. The summed E-state index contributed by atoms with van der Waals surface area (Å²) in [6.07, 6.45) is 6.54. The van der Waals surface area contributed by atoms with Gasteiger partial charge < -0.3 is 19.9 Å². The number of nitrogens with zero attached hydrogens (tertiary/aromatic N) is 2. The van der Waals surface area contributed by atoms with E-state index >= 15 is 0 Å². The third-order valence-corrected chi connectivity index (χ3v) is 4.88. The van der Waals surface area contributed by atoms with Crippen molar-refractivity contribution in [2.45, 2.75) is 26.0 Å². The molecule has 3 heterocycles. The van der Waals surface area contributed by atoms with Crippen LogP contribution in [0.1, 0.15) is 19.4 Å². The van der Waals surface area contributed by atoms with Crippen molar-refractivity contribution in [3.63, 3.8) is 0 Å². The van der Waals surface area contributed by atoms with Crippen LogP contribution in [0.3, 0.4) is 0 Å². The van der Waals surface area contributed by atoms with E-state index in [2.05, 4.69) is 0 Å². The van der Waals surface area contributed by atoms with Crippen LogP contribution in [0.15, 0.2) is 41.9 Å². The van der Waals surface area contributed by atoms with Crippen molar-refractivity contribution in [3.8, 4) is 0 Å².